The Morgan fingerprint density at radius 2 is 1.96 bits per heavy atom. The molecule has 1 aromatic rings. The lowest BCUT2D eigenvalue weighted by atomic mass is 9.97. The second kappa shape index (κ2) is 6.21. The maximum Gasteiger partial charge on any atom is 0.471 e. The summed E-state index contributed by atoms with van der Waals surface area (Å²) in [4.78, 5) is 24.3. The number of likely N-dealkylation sites (tertiary alicyclic amines) is 1. The summed E-state index contributed by atoms with van der Waals surface area (Å²) in [5, 5.41) is 2.65. The van der Waals surface area contributed by atoms with E-state index in [1.807, 2.05) is 0 Å². The predicted molar refractivity (Wildman–Crippen MR) is 76.6 cm³/mol. The van der Waals surface area contributed by atoms with Crippen LogP contribution in [0.2, 0.25) is 0 Å². The van der Waals surface area contributed by atoms with Crippen molar-refractivity contribution >= 4 is 17.5 Å². The summed E-state index contributed by atoms with van der Waals surface area (Å²) in [6.45, 7) is -0.134. The molecule has 1 unspecified atom stereocenters. The Balaban J connectivity index is 1.63. The average Bonchev–Trinajstić information content (AvgIpc) is 3.01. The number of rotatable bonds is 2. The highest BCUT2D eigenvalue weighted by molar-refractivity contribution is 5.93. The number of carbonyl (C=O) groups excluding carboxylic acids is 2. The molecule has 0 spiro atoms. The van der Waals surface area contributed by atoms with Gasteiger partial charge in [0.05, 0.1) is 5.92 Å². The van der Waals surface area contributed by atoms with Crippen molar-refractivity contribution in [3.63, 3.8) is 0 Å². The van der Waals surface area contributed by atoms with Crippen molar-refractivity contribution in [1.29, 1.82) is 0 Å². The second-order valence-corrected chi connectivity index (χ2v) is 5.65. The molecule has 2 aliphatic heterocycles. The van der Waals surface area contributed by atoms with Crippen molar-refractivity contribution < 1.29 is 32.2 Å². The van der Waals surface area contributed by atoms with Crippen LogP contribution in [-0.4, -0.2) is 42.8 Å². The third-order valence-electron chi connectivity index (χ3n) is 3.96. The fourth-order valence-electron chi connectivity index (χ4n) is 2.77. The van der Waals surface area contributed by atoms with Gasteiger partial charge in [0, 0.05) is 24.8 Å². The molecule has 1 saturated heterocycles. The van der Waals surface area contributed by atoms with Crippen molar-refractivity contribution in [3.05, 3.63) is 18.2 Å². The number of hydrogen-bond donors (Lipinski definition) is 1. The van der Waals surface area contributed by atoms with E-state index < -0.39 is 23.9 Å². The van der Waals surface area contributed by atoms with Crippen LogP contribution in [0.5, 0.6) is 11.5 Å². The highest BCUT2D eigenvalue weighted by Gasteiger charge is 2.44. The smallest absolute Gasteiger partial charge is 0.454 e. The lowest BCUT2D eigenvalue weighted by Crippen LogP contribution is -2.48. The Labute approximate surface area is 135 Å². The van der Waals surface area contributed by atoms with Crippen LogP contribution in [0.25, 0.3) is 0 Å². The number of piperidine rings is 1. The Hall–Kier alpha value is -2.45. The lowest BCUT2D eigenvalue weighted by molar-refractivity contribution is -0.187. The number of nitrogens with one attached hydrogen (secondary N) is 1. The van der Waals surface area contributed by atoms with Gasteiger partial charge in [0.1, 0.15) is 0 Å². The van der Waals surface area contributed by atoms with Crippen LogP contribution in [-0.2, 0) is 9.59 Å². The average molecular weight is 344 g/mol. The molecule has 9 heteroatoms. The number of hydrogen-bond acceptors (Lipinski definition) is 4. The lowest BCUT2D eigenvalue weighted by Gasteiger charge is -2.32. The van der Waals surface area contributed by atoms with E-state index in [9.17, 15) is 22.8 Å². The van der Waals surface area contributed by atoms with Crippen molar-refractivity contribution in [2.45, 2.75) is 19.0 Å². The Morgan fingerprint density at radius 1 is 1.21 bits per heavy atom. The third-order valence-corrected chi connectivity index (χ3v) is 3.96. The summed E-state index contributed by atoms with van der Waals surface area (Å²) in [6, 6.07) is 4.84. The Kier molecular flexibility index (Phi) is 4.25. The summed E-state index contributed by atoms with van der Waals surface area (Å²) in [6.07, 6.45) is -4.14. The number of carbonyl (C=O) groups is 2. The van der Waals surface area contributed by atoms with Crippen molar-refractivity contribution in [2.24, 2.45) is 5.92 Å². The van der Waals surface area contributed by atoms with Crippen LogP contribution in [0.15, 0.2) is 18.2 Å². The Bertz CT molecular complexity index is 663. The molecular formula is C15H15F3N2O4. The SMILES string of the molecule is O=C(Nc1ccc2c(c1)OCO2)C1CCCN(C(=O)C(F)(F)F)C1. The van der Waals surface area contributed by atoms with E-state index in [4.69, 9.17) is 9.47 Å². The fourth-order valence-corrected chi connectivity index (χ4v) is 2.77. The minimum absolute atomic E-state index is 0.00610. The van der Waals surface area contributed by atoms with E-state index in [2.05, 4.69) is 5.32 Å². The summed E-state index contributed by atoms with van der Waals surface area (Å²) < 4.78 is 47.9. The van der Waals surface area contributed by atoms with Gasteiger partial charge < -0.3 is 19.7 Å². The van der Waals surface area contributed by atoms with E-state index in [0.29, 0.717) is 34.9 Å². The summed E-state index contributed by atoms with van der Waals surface area (Å²) in [5.41, 5.74) is 0.462. The number of amides is 2. The molecule has 0 aliphatic carbocycles. The quantitative estimate of drug-likeness (QED) is 0.893. The first-order valence-corrected chi connectivity index (χ1v) is 7.41. The highest BCUT2D eigenvalue weighted by Crippen LogP contribution is 2.34. The van der Waals surface area contributed by atoms with Gasteiger partial charge in [-0.15, -0.1) is 0 Å². The molecule has 1 aromatic carbocycles. The summed E-state index contributed by atoms with van der Waals surface area (Å²) >= 11 is 0. The molecular weight excluding hydrogens is 329 g/mol. The molecule has 6 nitrogen and oxygen atoms in total. The number of alkyl halides is 3. The van der Waals surface area contributed by atoms with Gasteiger partial charge in [-0.25, -0.2) is 0 Å². The molecule has 2 aliphatic rings. The van der Waals surface area contributed by atoms with E-state index in [-0.39, 0.29) is 19.9 Å². The molecule has 1 N–H and O–H groups in total. The number of nitrogens with zero attached hydrogens (tertiary/aromatic N) is 1. The number of fused-ring (bicyclic) bond motifs is 1. The first-order chi connectivity index (χ1) is 11.3. The van der Waals surface area contributed by atoms with Crippen LogP contribution in [0.4, 0.5) is 18.9 Å². The summed E-state index contributed by atoms with van der Waals surface area (Å²) in [5.74, 6) is -1.95. The first-order valence-electron chi connectivity index (χ1n) is 7.41. The largest absolute Gasteiger partial charge is 0.471 e. The van der Waals surface area contributed by atoms with Gasteiger partial charge in [-0.1, -0.05) is 0 Å². The molecule has 0 bridgehead atoms. The minimum atomic E-state index is -4.92. The second-order valence-electron chi connectivity index (χ2n) is 5.65. The molecule has 2 heterocycles. The van der Waals surface area contributed by atoms with E-state index >= 15 is 0 Å². The number of anilines is 1. The van der Waals surface area contributed by atoms with Gasteiger partial charge in [0.15, 0.2) is 11.5 Å². The van der Waals surface area contributed by atoms with E-state index in [1.165, 1.54) is 0 Å². The minimum Gasteiger partial charge on any atom is -0.454 e. The van der Waals surface area contributed by atoms with E-state index in [0.717, 1.165) is 0 Å². The zero-order valence-corrected chi connectivity index (χ0v) is 12.6. The van der Waals surface area contributed by atoms with E-state index in [1.54, 1.807) is 18.2 Å². The van der Waals surface area contributed by atoms with Crippen LogP contribution in [0, 0.1) is 5.92 Å². The highest BCUT2D eigenvalue weighted by atomic mass is 19.4. The molecule has 2 amide bonds. The monoisotopic (exact) mass is 344 g/mol. The predicted octanol–water partition coefficient (Wildman–Crippen LogP) is 2.15. The zero-order chi connectivity index (χ0) is 17.3. The van der Waals surface area contributed by atoms with Gasteiger partial charge in [-0.05, 0) is 25.0 Å². The summed E-state index contributed by atoms with van der Waals surface area (Å²) in [7, 11) is 0. The standard InChI is InChI=1S/C15H15F3N2O4/c16-15(17,18)14(22)20-5-1-2-9(7-20)13(21)19-10-3-4-11-12(6-10)24-8-23-11/h3-4,6,9H,1-2,5,7-8H2,(H,19,21). The fraction of sp³-hybridized carbons (Fsp3) is 0.467. The number of halogens is 3. The zero-order valence-electron chi connectivity index (χ0n) is 12.6. The van der Waals surface area contributed by atoms with Gasteiger partial charge in [-0.2, -0.15) is 13.2 Å². The molecule has 0 aromatic heterocycles. The first kappa shape index (κ1) is 16.4. The van der Waals surface area contributed by atoms with Crippen molar-refractivity contribution in [1.82, 2.24) is 4.90 Å². The number of benzene rings is 1. The molecule has 1 atom stereocenters. The van der Waals surface area contributed by atoms with Crippen LogP contribution < -0.4 is 14.8 Å². The van der Waals surface area contributed by atoms with Crippen molar-refractivity contribution in [3.8, 4) is 11.5 Å². The topological polar surface area (TPSA) is 67.9 Å². The molecule has 0 saturated carbocycles. The van der Waals surface area contributed by atoms with Crippen LogP contribution in [0.3, 0.4) is 0 Å². The third kappa shape index (κ3) is 3.39. The Morgan fingerprint density at radius 3 is 2.71 bits per heavy atom. The number of ether oxygens (including phenoxy) is 2. The maximum atomic E-state index is 12.5. The van der Waals surface area contributed by atoms with Gasteiger partial charge in [-0.3, -0.25) is 9.59 Å². The van der Waals surface area contributed by atoms with Gasteiger partial charge in [0.25, 0.3) is 0 Å². The normalized spacial score (nSPS) is 20.0. The molecule has 1 fully saturated rings. The molecule has 3 rings (SSSR count). The van der Waals surface area contributed by atoms with Gasteiger partial charge >= 0.3 is 12.1 Å². The van der Waals surface area contributed by atoms with Crippen molar-refractivity contribution in [2.75, 3.05) is 25.2 Å². The molecule has 0 radical (unpaired) electrons. The van der Waals surface area contributed by atoms with Gasteiger partial charge in [0.2, 0.25) is 12.7 Å². The molecule has 24 heavy (non-hydrogen) atoms. The maximum absolute atomic E-state index is 12.5. The van der Waals surface area contributed by atoms with Crippen LogP contribution >= 0.6 is 0 Å². The molecule has 130 valence electrons. The van der Waals surface area contributed by atoms with Crippen LogP contribution in [0.1, 0.15) is 12.8 Å².